The smallest absolute Gasteiger partial charge is 0.228 e. The summed E-state index contributed by atoms with van der Waals surface area (Å²) in [4.78, 5) is 5.05. The fourth-order valence-corrected chi connectivity index (χ4v) is 1.13. The molecule has 0 amide bonds. The largest absolute Gasteiger partial charge is 0.390 e. The molecule has 0 aliphatic heterocycles. The fraction of sp³-hybridized carbons (Fsp3) is 0.300. The van der Waals surface area contributed by atoms with Gasteiger partial charge in [0, 0.05) is 6.42 Å². The SMILES string of the molecule is CC(Cc1ccccc1)ON=C(N)N. The first kappa shape index (κ1) is 10.4. The normalized spacial score (nSPS) is 11.8. The van der Waals surface area contributed by atoms with E-state index in [1.54, 1.807) is 0 Å². The predicted molar refractivity (Wildman–Crippen MR) is 56.5 cm³/mol. The van der Waals surface area contributed by atoms with Crippen LogP contribution in [0.25, 0.3) is 0 Å². The van der Waals surface area contributed by atoms with E-state index in [1.807, 2.05) is 37.3 Å². The van der Waals surface area contributed by atoms with Crippen LogP contribution in [0.15, 0.2) is 35.5 Å². The highest BCUT2D eigenvalue weighted by atomic mass is 16.6. The molecule has 1 unspecified atom stereocenters. The molecule has 76 valence electrons. The molecule has 1 aromatic carbocycles. The highest BCUT2D eigenvalue weighted by Crippen LogP contribution is 2.05. The van der Waals surface area contributed by atoms with Crippen LogP contribution in [0.3, 0.4) is 0 Å². The quantitative estimate of drug-likeness (QED) is 0.422. The lowest BCUT2D eigenvalue weighted by atomic mass is 10.1. The lowest BCUT2D eigenvalue weighted by molar-refractivity contribution is 0.0722. The minimum absolute atomic E-state index is 0.0282. The molecular weight excluding hydrogens is 178 g/mol. The average Bonchev–Trinajstić information content (AvgIpc) is 2.16. The third-order valence-electron chi connectivity index (χ3n) is 1.70. The number of hydrogen-bond acceptors (Lipinski definition) is 2. The van der Waals surface area contributed by atoms with Crippen molar-refractivity contribution in [1.29, 1.82) is 0 Å². The molecule has 4 N–H and O–H groups in total. The molecule has 0 fully saturated rings. The van der Waals surface area contributed by atoms with Crippen molar-refractivity contribution in [3.05, 3.63) is 35.9 Å². The number of oxime groups is 1. The van der Waals surface area contributed by atoms with Crippen LogP contribution in [0, 0.1) is 0 Å². The van der Waals surface area contributed by atoms with Crippen molar-refractivity contribution in [3.8, 4) is 0 Å². The van der Waals surface area contributed by atoms with Crippen LogP contribution in [-0.2, 0) is 11.3 Å². The molecule has 0 aromatic heterocycles. The van der Waals surface area contributed by atoms with Gasteiger partial charge in [-0.15, -0.1) is 0 Å². The van der Waals surface area contributed by atoms with E-state index in [-0.39, 0.29) is 12.1 Å². The first-order valence-electron chi connectivity index (χ1n) is 4.47. The minimum atomic E-state index is -0.0510. The zero-order valence-electron chi connectivity index (χ0n) is 8.18. The molecule has 1 rings (SSSR count). The molecule has 0 heterocycles. The van der Waals surface area contributed by atoms with Crippen LogP contribution >= 0.6 is 0 Å². The third-order valence-corrected chi connectivity index (χ3v) is 1.70. The summed E-state index contributed by atoms with van der Waals surface area (Å²) >= 11 is 0. The molecule has 1 atom stereocenters. The predicted octanol–water partition coefficient (Wildman–Crippen LogP) is 0.823. The maximum absolute atomic E-state index is 5.14. The zero-order chi connectivity index (χ0) is 10.4. The Hall–Kier alpha value is -1.71. The first-order valence-corrected chi connectivity index (χ1v) is 4.47. The summed E-state index contributed by atoms with van der Waals surface area (Å²) in [7, 11) is 0. The summed E-state index contributed by atoms with van der Waals surface area (Å²) in [6.07, 6.45) is 0.761. The van der Waals surface area contributed by atoms with Gasteiger partial charge in [-0.2, -0.15) is 0 Å². The number of guanidine groups is 1. The second-order valence-electron chi connectivity index (χ2n) is 3.12. The molecular formula is C10H15N3O. The second-order valence-corrected chi connectivity index (χ2v) is 3.12. The summed E-state index contributed by atoms with van der Waals surface area (Å²) in [5.74, 6) is -0.0510. The van der Waals surface area contributed by atoms with Crippen molar-refractivity contribution >= 4 is 5.96 Å². The highest BCUT2D eigenvalue weighted by Gasteiger charge is 2.03. The van der Waals surface area contributed by atoms with Gasteiger partial charge in [0.25, 0.3) is 0 Å². The van der Waals surface area contributed by atoms with Crippen LogP contribution in [0.2, 0.25) is 0 Å². The summed E-state index contributed by atoms with van der Waals surface area (Å²) < 4.78 is 0. The second kappa shape index (κ2) is 5.11. The number of nitrogens with zero attached hydrogens (tertiary/aromatic N) is 1. The molecule has 0 bridgehead atoms. The van der Waals surface area contributed by atoms with E-state index in [4.69, 9.17) is 16.3 Å². The zero-order valence-corrected chi connectivity index (χ0v) is 8.18. The highest BCUT2D eigenvalue weighted by molar-refractivity contribution is 5.74. The molecule has 0 aliphatic rings. The van der Waals surface area contributed by atoms with E-state index in [2.05, 4.69) is 5.16 Å². The Labute approximate surface area is 83.5 Å². The number of benzene rings is 1. The number of rotatable bonds is 4. The van der Waals surface area contributed by atoms with Gasteiger partial charge in [-0.3, -0.25) is 0 Å². The summed E-state index contributed by atoms with van der Waals surface area (Å²) in [5.41, 5.74) is 11.5. The average molecular weight is 193 g/mol. The molecule has 0 radical (unpaired) electrons. The molecule has 0 aliphatic carbocycles. The molecule has 14 heavy (non-hydrogen) atoms. The molecule has 1 aromatic rings. The van der Waals surface area contributed by atoms with E-state index >= 15 is 0 Å². The maximum atomic E-state index is 5.14. The molecule has 4 heteroatoms. The lowest BCUT2D eigenvalue weighted by Crippen LogP contribution is -2.24. The van der Waals surface area contributed by atoms with E-state index in [0.717, 1.165) is 6.42 Å². The van der Waals surface area contributed by atoms with Gasteiger partial charge in [-0.1, -0.05) is 30.3 Å². The van der Waals surface area contributed by atoms with Crippen molar-refractivity contribution in [2.45, 2.75) is 19.4 Å². The molecule has 0 spiro atoms. The summed E-state index contributed by atoms with van der Waals surface area (Å²) in [5, 5.41) is 3.49. The maximum Gasteiger partial charge on any atom is 0.228 e. The Balaban J connectivity index is 2.42. The number of hydrogen-bond donors (Lipinski definition) is 2. The van der Waals surface area contributed by atoms with Crippen molar-refractivity contribution in [1.82, 2.24) is 0 Å². The standard InChI is InChI=1S/C10H15N3O/c1-8(14-13-10(11)12)7-9-5-3-2-4-6-9/h2-6,8H,7H2,1H3,(H4,11,12,13). The van der Waals surface area contributed by atoms with Crippen molar-refractivity contribution in [3.63, 3.8) is 0 Å². The van der Waals surface area contributed by atoms with Gasteiger partial charge in [0.05, 0.1) is 0 Å². The Morgan fingerprint density at radius 3 is 2.57 bits per heavy atom. The van der Waals surface area contributed by atoms with Crippen molar-refractivity contribution in [2.24, 2.45) is 16.6 Å². The third kappa shape index (κ3) is 3.80. The van der Waals surface area contributed by atoms with Crippen LogP contribution in [0.5, 0.6) is 0 Å². The Kier molecular flexibility index (Phi) is 3.79. The van der Waals surface area contributed by atoms with E-state index in [1.165, 1.54) is 5.56 Å². The molecule has 0 saturated carbocycles. The monoisotopic (exact) mass is 193 g/mol. The molecule has 4 nitrogen and oxygen atoms in total. The Morgan fingerprint density at radius 2 is 2.00 bits per heavy atom. The van der Waals surface area contributed by atoms with Gasteiger partial charge in [0.1, 0.15) is 6.10 Å². The number of nitrogens with two attached hydrogens (primary N) is 2. The Bertz CT molecular complexity index is 293. The van der Waals surface area contributed by atoms with Gasteiger partial charge in [-0.25, -0.2) is 0 Å². The van der Waals surface area contributed by atoms with Crippen LogP contribution < -0.4 is 11.5 Å². The van der Waals surface area contributed by atoms with Gasteiger partial charge in [0.15, 0.2) is 0 Å². The topological polar surface area (TPSA) is 73.6 Å². The fourth-order valence-electron chi connectivity index (χ4n) is 1.13. The summed E-state index contributed by atoms with van der Waals surface area (Å²) in [6, 6.07) is 10.0. The Morgan fingerprint density at radius 1 is 1.36 bits per heavy atom. The van der Waals surface area contributed by atoms with Crippen LogP contribution in [0.4, 0.5) is 0 Å². The van der Waals surface area contributed by atoms with Gasteiger partial charge in [0.2, 0.25) is 5.96 Å². The summed E-state index contributed by atoms with van der Waals surface area (Å²) in [6.45, 7) is 1.92. The van der Waals surface area contributed by atoms with Crippen molar-refractivity contribution < 1.29 is 4.84 Å². The first-order chi connectivity index (χ1) is 6.68. The van der Waals surface area contributed by atoms with E-state index < -0.39 is 0 Å². The minimum Gasteiger partial charge on any atom is -0.390 e. The van der Waals surface area contributed by atoms with Crippen LogP contribution in [0.1, 0.15) is 12.5 Å². The van der Waals surface area contributed by atoms with Crippen molar-refractivity contribution in [2.75, 3.05) is 0 Å². The van der Waals surface area contributed by atoms with E-state index in [0.29, 0.717) is 0 Å². The molecule has 0 saturated heterocycles. The van der Waals surface area contributed by atoms with Gasteiger partial charge in [-0.05, 0) is 17.6 Å². The van der Waals surface area contributed by atoms with Gasteiger partial charge >= 0.3 is 0 Å². The van der Waals surface area contributed by atoms with Crippen LogP contribution in [-0.4, -0.2) is 12.1 Å². The lowest BCUT2D eigenvalue weighted by Gasteiger charge is -2.09. The van der Waals surface area contributed by atoms with Gasteiger partial charge < -0.3 is 16.3 Å². The van der Waals surface area contributed by atoms with E-state index in [9.17, 15) is 0 Å².